The molecule has 0 spiro atoms. The van der Waals surface area contributed by atoms with E-state index in [1.54, 1.807) is 24.5 Å². The van der Waals surface area contributed by atoms with E-state index in [2.05, 4.69) is 4.98 Å². The van der Waals surface area contributed by atoms with Crippen molar-refractivity contribution in [2.75, 3.05) is 0 Å². The molecule has 6 aromatic rings. The van der Waals surface area contributed by atoms with Crippen LogP contribution in [0.3, 0.4) is 0 Å². The van der Waals surface area contributed by atoms with Gasteiger partial charge in [0.25, 0.3) is 0 Å². The summed E-state index contributed by atoms with van der Waals surface area (Å²) in [4.78, 5) is 3.92. The average molecular weight is 868 g/mol. The van der Waals surface area contributed by atoms with Gasteiger partial charge in [0.05, 0.1) is 12.4 Å². The highest BCUT2D eigenvalue weighted by Crippen LogP contribution is 2.30. The van der Waals surface area contributed by atoms with Gasteiger partial charge in [-0.05, 0) is 24.3 Å². The van der Waals surface area contributed by atoms with Gasteiger partial charge in [-0.25, -0.2) is 92.2 Å². The summed E-state index contributed by atoms with van der Waals surface area (Å²) in [7, 11) is 0. The van der Waals surface area contributed by atoms with Crippen LogP contribution in [0, 0.1) is 122 Å². The monoisotopic (exact) mass is 868 g/mol. The van der Waals surface area contributed by atoms with E-state index in [4.69, 9.17) is 0 Å². The van der Waals surface area contributed by atoms with Crippen molar-refractivity contribution in [1.82, 2.24) is 4.98 Å². The van der Waals surface area contributed by atoms with Crippen LogP contribution in [-0.2, 0) is 6.54 Å². The fraction of sp³-hybridized carbons (Fsp3) is 0.0286. The Morgan fingerprint density at radius 1 is 0.322 bits per heavy atom. The minimum Gasteiger partial charge on any atom is -0.252 e. The minimum atomic E-state index is -7.22. The van der Waals surface area contributed by atoms with Crippen LogP contribution >= 0.6 is 0 Å². The van der Waals surface area contributed by atoms with Gasteiger partial charge in [0.2, 0.25) is 0 Å². The number of hydrogen-bond donors (Lipinski definition) is 0. The van der Waals surface area contributed by atoms with E-state index in [-0.39, 0.29) is 5.82 Å². The minimum absolute atomic E-state index is 0.200. The first-order chi connectivity index (χ1) is 27.5. The summed E-state index contributed by atoms with van der Waals surface area (Å²) in [6.07, 6.45) is -0.00894. The van der Waals surface area contributed by atoms with E-state index >= 15 is 35.1 Å². The average Bonchev–Trinajstić information content (AvgIpc) is 3.22. The molecule has 0 fully saturated rings. The van der Waals surface area contributed by atoms with Gasteiger partial charge < -0.3 is 0 Å². The molecule has 0 atom stereocenters. The molecular weight excluding hydrogens is 858 g/mol. The lowest BCUT2D eigenvalue weighted by Crippen LogP contribution is -2.81. The molecule has 5 aromatic carbocycles. The zero-order valence-electron chi connectivity index (χ0n) is 27.7. The van der Waals surface area contributed by atoms with Crippen LogP contribution in [0.15, 0.2) is 49.1 Å². The van der Waals surface area contributed by atoms with Crippen molar-refractivity contribution in [3.05, 3.63) is 177 Å². The molecule has 6 rings (SSSR count). The quantitative estimate of drug-likeness (QED) is 0.0561. The summed E-state index contributed by atoms with van der Waals surface area (Å²) in [6, 6.07) is 6.50. The fourth-order valence-corrected chi connectivity index (χ4v) is 6.13. The van der Waals surface area contributed by atoms with Crippen LogP contribution in [0.2, 0.25) is 0 Å². The summed E-state index contributed by atoms with van der Waals surface area (Å²) in [5, 5.41) is 0. The third-order valence-corrected chi connectivity index (χ3v) is 8.67. The van der Waals surface area contributed by atoms with Gasteiger partial charge in [-0.2, -0.15) is 4.57 Å². The molecule has 0 amide bonds. The molecule has 0 radical (unpaired) electrons. The predicted octanol–water partition coefficient (Wildman–Crippen LogP) is 7.40. The Bertz CT molecular complexity index is 2260. The van der Waals surface area contributed by atoms with Gasteiger partial charge in [0, 0.05) is 5.56 Å². The third kappa shape index (κ3) is 6.96. The van der Waals surface area contributed by atoms with Gasteiger partial charge in [-0.3, -0.25) is 4.98 Å². The van der Waals surface area contributed by atoms with Gasteiger partial charge in [0.15, 0.2) is 88.7 Å². The Balaban J connectivity index is 0.000000395. The summed E-state index contributed by atoms with van der Waals surface area (Å²) >= 11 is 0. The lowest BCUT2D eigenvalue weighted by Gasteiger charge is -2.44. The van der Waals surface area contributed by atoms with E-state index in [0.29, 0.717) is 0 Å². The van der Waals surface area contributed by atoms with Crippen LogP contribution in [0.5, 0.6) is 0 Å². The molecule has 0 aliphatic heterocycles. The molecule has 24 heteroatoms. The highest BCUT2D eigenvalue weighted by molar-refractivity contribution is 7.20. The molecule has 1 aromatic heterocycles. The Kier molecular flexibility index (Phi) is 12.1. The van der Waals surface area contributed by atoms with Crippen LogP contribution in [0.4, 0.5) is 92.2 Å². The first kappa shape index (κ1) is 43.9. The molecule has 59 heavy (non-hydrogen) atoms. The maximum absolute atomic E-state index is 15.4. The third-order valence-electron chi connectivity index (χ3n) is 8.67. The van der Waals surface area contributed by atoms with E-state index in [0.717, 1.165) is 12.1 Å². The van der Waals surface area contributed by atoms with E-state index in [1.165, 1.54) is 12.1 Å². The Labute approximate surface area is 313 Å². The second kappa shape index (κ2) is 16.2. The largest absolute Gasteiger partial charge is 0.252 e. The van der Waals surface area contributed by atoms with Crippen molar-refractivity contribution in [2.45, 2.75) is 6.54 Å². The lowest BCUT2D eigenvalue weighted by atomic mass is 9.12. The number of benzene rings is 5. The van der Waals surface area contributed by atoms with Crippen LogP contribution < -0.4 is 26.4 Å². The Morgan fingerprint density at radius 3 is 0.780 bits per heavy atom. The second-order valence-electron chi connectivity index (χ2n) is 11.8. The topological polar surface area (TPSA) is 16.8 Å². The van der Waals surface area contributed by atoms with Crippen molar-refractivity contribution in [3.8, 4) is 0 Å². The van der Waals surface area contributed by atoms with Crippen molar-refractivity contribution in [2.24, 2.45) is 0 Å². The predicted molar refractivity (Wildman–Crippen MR) is 159 cm³/mol. The highest BCUT2D eigenvalue weighted by Gasteiger charge is 2.52. The van der Waals surface area contributed by atoms with Gasteiger partial charge in [-0.15, -0.1) is 21.9 Å². The van der Waals surface area contributed by atoms with E-state index in [1.807, 2.05) is 17.0 Å². The number of aromatic nitrogens is 2. The number of halogens is 21. The molecule has 0 aliphatic rings. The van der Waals surface area contributed by atoms with Crippen molar-refractivity contribution >= 4 is 28.0 Å². The Morgan fingerprint density at radius 2 is 0.542 bits per heavy atom. The first-order valence-electron chi connectivity index (χ1n) is 15.3. The SMILES string of the molecule is Fc1c(F)c(F)c([B-](c2c(F)c(F)c(F)c(F)c2F)(c2c(F)c(F)c(F)c(F)c2F)c2c(F)c(F)c(F)c(F)c2F)c(F)c1F.Fc1ccc(C[n+]2ccncc2)cc1. The van der Waals surface area contributed by atoms with Gasteiger partial charge >= 0.3 is 0 Å². The molecule has 0 N–H and O–H groups in total. The van der Waals surface area contributed by atoms with Gasteiger partial charge in [-0.1, -0.05) is 0 Å². The zero-order chi connectivity index (χ0) is 44.2. The number of hydrogen-bond acceptors (Lipinski definition) is 1. The zero-order valence-corrected chi connectivity index (χ0v) is 27.7. The molecule has 0 aliphatic carbocycles. The summed E-state index contributed by atoms with van der Waals surface area (Å²) in [5.41, 5.74) is -13.3. The molecule has 1 heterocycles. The van der Waals surface area contributed by atoms with Crippen LogP contribution in [0.25, 0.3) is 0 Å². The maximum atomic E-state index is 15.4. The second-order valence-corrected chi connectivity index (χ2v) is 11.8. The van der Waals surface area contributed by atoms with Crippen LogP contribution in [-0.4, -0.2) is 11.1 Å². The molecule has 0 saturated carbocycles. The fourth-order valence-electron chi connectivity index (χ4n) is 6.13. The smallest absolute Gasteiger partial charge is 0.200 e. The molecular formula is C35H10BF21N2. The van der Waals surface area contributed by atoms with Crippen molar-refractivity contribution in [1.29, 1.82) is 0 Å². The summed E-state index contributed by atoms with van der Waals surface area (Å²) in [5.74, 6) is -71.6. The van der Waals surface area contributed by atoms with Crippen LogP contribution in [0.1, 0.15) is 5.56 Å². The van der Waals surface area contributed by atoms with Gasteiger partial charge in [0.1, 0.15) is 58.5 Å². The Hall–Kier alpha value is -6.23. The lowest BCUT2D eigenvalue weighted by molar-refractivity contribution is -0.688. The maximum Gasteiger partial charge on any atom is 0.200 e. The summed E-state index contributed by atoms with van der Waals surface area (Å²) in [6.45, 7) is 0.739. The number of rotatable bonds is 6. The van der Waals surface area contributed by atoms with E-state index < -0.39 is 144 Å². The summed E-state index contributed by atoms with van der Waals surface area (Å²) < 4.78 is 309. The number of nitrogens with zero attached hydrogens (tertiary/aromatic N) is 2. The van der Waals surface area contributed by atoms with E-state index in [9.17, 15) is 57.1 Å². The molecule has 0 bridgehead atoms. The molecule has 310 valence electrons. The highest BCUT2D eigenvalue weighted by atomic mass is 19.2. The normalized spacial score (nSPS) is 11.5. The molecule has 2 nitrogen and oxygen atoms in total. The van der Waals surface area contributed by atoms with Crippen molar-refractivity contribution in [3.63, 3.8) is 0 Å². The molecule has 0 unspecified atom stereocenters. The standard InChI is InChI=1S/C24BF20.C11H10FN2/c26-5-1(6(27)14(35)21(42)13(5)34)25(2-7(28)15(36)22(43)16(37)8(2)29,3-9(30)17(38)23(44)18(39)10(3)31)4-11(32)19(40)24(45)20(41)12(4)33;12-11-3-1-10(2-4-11)9-14-7-5-13-6-8-14/h;1-8H,9H2/q-1;+1. The first-order valence-corrected chi connectivity index (χ1v) is 15.3. The molecule has 0 saturated heterocycles. The van der Waals surface area contributed by atoms with Crippen molar-refractivity contribution < 1.29 is 96.8 Å².